The minimum absolute atomic E-state index is 0.236. The molecule has 92 valence electrons. The maximum Gasteiger partial charge on any atom is 0.300 e. The molecule has 0 aliphatic carbocycles. The fourth-order valence-corrected chi connectivity index (χ4v) is 2.14. The van der Waals surface area contributed by atoms with Crippen LogP contribution in [0.4, 0.5) is 5.82 Å². The summed E-state index contributed by atoms with van der Waals surface area (Å²) >= 11 is 0. The Morgan fingerprint density at radius 3 is 2.81 bits per heavy atom. The maximum absolute atomic E-state index is 11.5. The Morgan fingerprint density at radius 1 is 1.56 bits per heavy atom. The Balaban J connectivity index is 2.79. The molecule has 0 saturated heterocycles. The summed E-state index contributed by atoms with van der Waals surface area (Å²) in [4.78, 5) is 0. The van der Waals surface area contributed by atoms with Crippen molar-refractivity contribution in [1.82, 2.24) is 14.5 Å². The highest BCUT2D eigenvalue weighted by atomic mass is 32.2. The highest BCUT2D eigenvalue weighted by Gasteiger charge is 2.13. The lowest BCUT2D eigenvalue weighted by Gasteiger charge is -2.07. The van der Waals surface area contributed by atoms with Crippen LogP contribution in [0.3, 0.4) is 0 Å². The van der Waals surface area contributed by atoms with Crippen molar-refractivity contribution in [3.8, 4) is 0 Å². The molecule has 0 aromatic carbocycles. The number of anilines is 1. The molecule has 0 spiro atoms. The van der Waals surface area contributed by atoms with Crippen molar-refractivity contribution in [2.45, 2.75) is 19.9 Å². The summed E-state index contributed by atoms with van der Waals surface area (Å²) in [6, 6.07) is 0. The lowest BCUT2D eigenvalue weighted by molar-refractivity contribution is 0.586. The summed E-state index contributed by atoms with van der Waals surface area (Å²) in [5, 5.41) is 3.98. The molecule has 0 bridgehead atoms. The van der Waals surface area contributed by atoms with E-state index in [1.807, 2.05) is 6.92 Å². The lowest BCUT2D eigenvalue weighted by Crippen LogP contribution is -2.31. The molecular weight excluding hydrogens is 230 g/mol. The van der Waals surface area contributed by atoms with Crippen LogP contribution in [0.15, 0.2) is 6.20 Å². The first-order chi connectivity index (χ1) is 7.48. The van der Waals surface area contributed by atoms with Gasteiger partial charge in [-0.3, -0.25) is 9.40 Å². The van der Waals surface area contributed by atoms with Crippen LogP contribution in [0.5, 0.6) is 0 Å². The van der Waals surface area contributed by atoms with E-state index in [-0.39, 0.29) is 12.4 Å². The fraction of sp³-hybridized carbons (Fsp3) is 0.625. The number of nitrogens with one attached hydrogen (secondary N) is 2. The number of aryl methyl sites for hydroxylation is 1. The number of aromatic nitrogens is 2. The van der Waals surface area contributed by atoms with Gasteiger partial charge in [0, 0.05) is 31.9 Å². The summed E-state index contributed by atoms with van der Waals surface area (Å²) in [6.07, 6.45) is 2.41. The second-order valence-corrected chi connectivity index (χ2v) is 4.88. The predicted molar refractivity (Wildman–Crippen MR) is 61.9 cm³/mol. The van der Waals surface area contributed by atoms with E-state index in [4.69, 9.17) is 5.73 Å². The second kappa shape index (κ2) is 5.28. The van der Waals surface area contributed by atoms with E-state index in [2.05, 4.69) is 14.5 Å². The molecule has 0 radical (unpaired) electrons. The number of hydrogen-bond acceptors (Lipinski definition) is 4. The number of rotatable bonds is 6. The first kappa shape index (κ1) is 12.9. The number of nitrogens with zero attached hydrogens (tertiary/aromatic N) is 2. The molecule has 0 unspecified atom stereocenters. The molecule has 7 nitrogen and oxygen atoms in total. The maximum atomic E-state index is 11.5. The van der Waals surface area contributed by atoms with Crippen molar-refractivity contribution in [2.75, 3.05) is 11.3 Å². The van der Waals surface area contributed by atoms with E-state index in [9.17, 15) is 8.42 Å². The molecular formula is C8H17N5O2S. The van der Waals surface area contributed by atoms with Crippen molar-refractivity contribution < 1.29 is 8.42 Å². The molecule has 1 aromatic rings. The SMILES string of the molecule is CCCNS(=O)(=O)Nc1nn(C)cc1CN. The van der Waals surface area contributed by atoms with E-state index < -0.39 is 10.2 Å². The van der Waals surface area contributed by atoms with Crippen LogP contribution in [0.25, 0.3) is 0 Å². The highest BCUT2D eigenvalue weighted by molar-refractivity contribution is 7.90. The van der Waals surface area contributed by atoms with Crippen LogP contribution < -0.4 is 15.2 Å². The molecule has 4 N–H and O–H groups in total. The summed E-state index contributed by atoms with van der Waals surface area (Å²) in [7, 11) is -1.84. The van der Waals surface area contributed by atoms with Crippen LogP contribution >= 0.6 is 0 Å². The minimum atomic E-state index is -3.55. The molecule has 0 amide bonds. The highest BCUT2D eigenvalue weighted by Crippen LogP contribution is 2.12. The average molecular weight is 247 g/mol. The smallest absolute Gasteiger partial charge is 0.300 e. The Kier molecular flexibility index (Phi) is 4.27. The minimum Gasteiger partial charge on any atom is -0.326 e. The summed E-state index contributed by atoms with van der Waals surface area (Å²) < 4.78 is 29.3. The van der Waals surface area contributed by atoms with Crippen molar-refractivity contribution in [1.29, 1.82) is 0 Å². The van der Waals surface area contributed by atoms with Crippen LogP contribution in [-0.4, -0.2) is 24.7 Å². The van der Waals surface area contributed by atoms with Crippen LogP contribution in [0.1, 0.15) is 18.9 Å². The van der Waals surface area contributed by atoms with E-state index >= 15 is 0 Å². The topological polar surface area (TPSA) is 102 Å². The van der Waals surface area contributed by atoms with Gasteiger partial charge >= 0.3 is 0 Å². The van der Waals surface area contributed by atoms with Crippen LogP contribution in [0.2, 0.25) is 0 Å². The van der Waals surface area contributed by atoms with Crippen molar-refractivity contribution in [2.24, 2.45) is 12.8 Å². The normalized spacial score (nSPS) is 11.7. The summed E-state index contributed by atoms with van der Waals surface area (Å²) in [5.41, 5.74) is 6.13. The van der Waals surface area contributed by atoms with Crippen molar-refractivity contribution in [3.05, 3.63) is 11.8 Å². The fourth-order valence-electron chi connectivity index (χ4n) is 1.17. The van der Waals surface area contributed by atoms with Gasteiger partial charge in [0.15, 0.2) is 5.82 Å². The van der Waals surface area contributed by atoms with E-state index in [0.717, 1.165) is 6.42 Å². The Hall–Kier alpha value is -1.12. The van der Waals surface area contributed by atoms with Gasteiger partial charge in [-0.15, -0.1) is 0 Å². The third-order valence-corrected chi connectivity index (χ3v) is 2.94. The first-order valence-electron chi connectivity index (χ1n) is 4.98. The zero-order valence-electron chi connectivity index (χ0n) is 9.40. The molecule has 1 aromatic heterocycles. The third-order valence-electron chi connectivity index (χ3n) is 1.90. The van der Waals surface area contributed by atoms with Crippen molar-refractivity contribution in [3.63, 3.8) is 0 Å². The number of hydrogen-bond donors (Lipinski definition) is 3. The third kappa shape index (κ3) is 3.47. The molecule has 0 fully saturated rings. The Bertz CT molecular complexity index is 439. The van der Waals surface area contributed by atoms with Gasteiger partial charge in [0.25, 0.3) is 10.2 Å². The van der Waals surface area contributed by atoms with E-state index in [1.165, 1.54) is 4.68 Å². The van der Waals surface area contributed by atoms with Gasteiger partial charge in [-0.25, -0.2) is 0 Å². The molecule has 1 heterocycles. The van der Waals surface area contributed by atoms with Gasteiger partial charge in [0.2, 0.25) is 0 Å². The van der Waals surface area contributed by atoms with E-state index in [1.54, 1.807) is 13.2 Å². The average Bonchev–Trinajstić information content (AvgIpc) is 2.55. The molecule has 0 aliphatic heterocycles. The Morgan fingerprint density at radius 2 is 2.25 bits per heavy atom. The zero-order chi connectivity index (χ0) is 12.2. The number of nitrogens with two attached hydrogens (primary N) is 1. The van der Waals surface area contributed by atoms with Gasteiger partial charge < -0.3 is 5.73 Å². The second-order valence-electron chi connectivity index (χ2n) is 3.38. The summed E-state index contributed by atoms with van der Waals surface area (Å²) in [6.45, 7) is 2.51. The standard InChI is InChI=1S/C8H17N5O2S/c1-3-4-10-16(14,15)12-8-7(5-9)6-13(2)11-8/h6,10H,3-5,9H2,1-2H3,(H,11,12). The predicted octanol–water partition coefficient (Wildman–Crippen LogP) is -0.465. The largest absolute Gasteiger partial charge is 0.326 e. The van der Waals surface area contributed by atoms with Gasteiger partial charge in [-0.1, -0.05) is 6.92 Å². The molecule has 0 saturated carbocycles. The zero-order valence-corrected chi connectivity index (χ0v) is 10.2. The van der Waals surface area contributed by atoms with Gasteiger partial charge in [-0.05, 0) is 6.42 Å². The van der Waals surface area contributed by atoms with Crippen LogP contribution in [0, 0.1) is 0 Å². The molecule has 1 rings (SSSR count). The summed E-state index contributed by atoms with van der Waals surface area (Å²) in [5.74, 6) is 0.272. The van der Waals surface area contributed by atoms with Gasteiger partial charge in [0.1, 0.15) is 0 Å². The quantitative estimate of drug-likeness (QED) is 0.632. The Labute approximate surface area is 95.2 Å². The van der Waals surface area contributed by atoms with Crippen molar-refractivity contribution >= 4 is 16.0 Å². The first-order valence-corrected chi connectivity index (χ1v) is 6.46. The van der Waals surface area contributed by atoms with Gasteiger partial charge in [-0.2, -0.15) is 18.2 Å². The lowest BCUT2D eigenvalue weighted by atomic mass is 10.3. The monoisotopic (exact) mass is 247 g/mol. The van der Waals surface area contributed by atoms with E-state index in [0.29, 0.717) is 12.1 Å². The van der Waals surface area contributed by atoms with Gasteiger partial charge in [0.05, 0.1) is 0 Å². The van der Waals surface area contributed by atoms with Crippen LogP contribution in [-0.2, 0) is 23.8 Å². The molecule has 8 heteroatoms. The molecule has 0 atom stereocenters. The molecule has 0 aliphatic rings. The molecule has 16 heavy (non-hydrogen) atoms.